The lowest BCUT2D eigenvalue weighted by atomic mass is 10.1. The van der Waals surface area contributed by atoms with Gasteiger partial charge in [0.15, 0.2) is 0 Å². The Morgan fingerprint density at radius 3 is 2.88 bits per heavy atom. The summed E-state index contributed by atoms with van der Waals surface area (Å²) in [6.45, 7) is 2.72. The zero-order valence-corrected chi connectivity index (χ0v) is 9.74. The van der Waals surface area contributed by atoms with Crippen molar-refractivity contribution in [3.8, 4) is 0 Å². The number of carbonyl (C=O) groups is 2. The maximum absolute atomic E-state index is 11.0. The van der Waals surface area contributed by atoms with Crippen LogP contribution in [0.5, 0.6) is 0 Å². The van der Waals surface area contributed by atoms with Crippen LogP contribution in [-0.2, 0) is 9.59 Å². The average Bonchev–Trinajstić information content (AvgIpc) is 2.64. The molecule has 0 aromatic carbocycles. The maximum atomic E-state index is 11.0. The number of nitrogens with zero attached hydrogens (tertiary/aromatic N) is 1. The fourth-order valence-corrected chi connectivity index (χ4v) is 2.12. The van der Waals surface area contributed by atoms with Crippen molar-refractivity contribution in [1.82, 2.24) is 10.2 Å². The second-order valence-electron chi connectivity index (χ2n) is 4.33. The number of rotatable bonds is 6. The third-order valence-electron chi connectivity index (χ3n) is 2.99. The zero-order chi connectivity index (χ0) is 12.0. The highest BCUT2D eigenvalue weighted by Gasteiger charge is 2.23. The number of nitrogens with one attached hydrogen (secondary N) is 1. The van der Waals surface area contributed by atoms with Crippen molar-refractivity contribution in [2.75, 3.05) is 26.7 Å². The van der Waals surface area contributed by atoms with Gasteiger partial charge in [0.05, 0.1) is 0 Å². The van der Waals surface area contributed by atoms with Gasteiger partial charge in [-0.15, -0.1) is 0 Å². The van der Waals surface area contributed by atoms with Gasteiger partial charge in [-0.3, -0.25) is 9.59 Å². The van der Waals surface area contributed by atoms with Crippen molar-refractivity contribution in [3.63, 3.8) is 0 Å². The van der Waals surface area contributed by atoms with E-state index in [2.05, 4.69) is 10.2 Å². The Kier molecular flexibility index (Phi) is 5.25. The van der Waals surface area contributed by atoms with Crippen molar-refractivity contribution in [1.29, 1.82) is 0 Å². The summed E-state index contributed by atoms with van der Waals surface area (Å²) in [6, 6.07) is 0. The number of amides is 1. The molecule has 1 saturated heterocycles. The molecule has 0 bridgehead atoms. The summed E-state index contributed by atoms with van der Waals surface area (Å²) < 4.78 is 0. The van der Waals surface area contributed by atoms with Crippen molar-refractivity contribution in [2.45, 2.75) is 25.7 Å². The molecule has 0 aliphatic carbocycles. The normalized spacial score (nSPS) is 20.9. The van der Waals surface area contributed by atoms with Crippen LogP contribution in [0.2, 0.25) is 0 Å². The fraction of sp³-hybridized carbons (Fsp3) is 0.818. The highest BCUT2D eigenvalue weighted by Crippen LogP contribution is 2.19. The molecule has 5 heteroatoms. The summed E-state index contributed by atoms with van der Waals surface area (Å²) in [4.78, 5) is 23.8. The average molecular weight is 228 g/mol. The minimum absolute atomic E-state index is 0.0706. The number of carboxylic acid groups (broad SMARTS) is 1. The molecule has 1 heterocycles. The largest absolute Gasteiger partial charge is 0.481 e. The van der Waals surface area contributed by atoms with Gasteiger partial charge in [-0.2, -0.15) is 0 Å². The van der Waals surface area contributed by atoms with E-state index in [-0.39, 0.29) is 18.2 Å². The lowest BCUT2D eigenvalue weighted by molar-refractivity contribution is -0.138. The Morgan fingerprint density at radius 1 is 1.50 bits per heavy atom. The van der Waals surface area contributed by atoms with E-state index in [0.717, 1.165) is 32.5 Å². The van der Waals surface area contributed by atoms with Crippen LogP contribution in [0.25, 0.3) is 0 Å². The van der Waals surface area contributed by atoms with Crippen LogP contribution in [0, 0.1) is 5.92 Å². The molecule has 1 rings (SSSR count). The highest BCUT2D eigenvalue weighted by molar-refractivity contribution is 5.75. The van der Waals surface area contributed by atoms with Crippen LogP contribution in [0.4, 0.5) is 0 Å². The summed E-state index contributed by atoms with van der Waals surface area (Å²) >= 11 is 0. The van der Waals surface area contributed by atoms with Gasteiger partial charge >= 0.3 is 5.97 Å². The molecule has 1 atom stereocenters. The number of likely N-dealkylation sites (tertiary alicyclic amines) is 1. The van der Waals surface area contributed by atoms with Crippen molar-refractivity contribution >= 4 is 11.9 Å². The van der Waals surface area contributed by atoms with Crippen LogP contribution in [-0.4, -0.2) is 48.6 Å². The first-order valence-electron chi connectivity index (χ1n) is 5.76. The summed E-state index contributed by atoms with van der Waals surface area (Å²) in [5.41, 5.74) is 0. The predicted molar refractivity (Wildman–Crippen MR) is 60.1 cm³/mol. The minimum Gasteiger partial charge on any atom is -0.481 e. The standard InChI is InChI=1S/C11H20N2O3/c1-12-10(14)3-2-5-13-6-4-9(8-13)7-11(15)16/h9H,2-8H2,1H3,(H,12,14)(H,15,16). The molecule has 1 aliphatic heterocycles. The van der Waals surface area contributed by atoms with Gasteiger partial charge in [0.2, 0.25) is 5.91 Å². The molecule has 92 valence electrons. The van der Waals surface area contributed by atoms with E-state index in [9.17, 15) is 9.59 Å². The molecule has 1 unspecified atom stereocenters. The molecule has 2 N–H and O–H groups in total. The summed E-state index contributed by atoms with van der Waals surface area (Å²) in [7, 11) is 1.64. The van der Waals surface area contributed by atoms with E-state index in [1.165, 1.54) is 0 Å². The molecule has 5 nitrogen and oxygen atoms in total. The SMILES string of the molecule is CNC(=O)CCCN1CCC(CC(=O)O)C1. The molecular formula is C11H20N2O3. The lowest BCUT2D eigenvalue weighted by Gasteiger charge is -2.14. The fourth-order valence-electron chi connectivity index (χ4n) is 2.12. The molecule has 1 aliphatic rings. The Labute approximate surface area is 95.8 Å². The topological polar surface area (TPSA) is 69.6 Å². The Bertz CT molecular complexity index is 256. The second kappa shape index (κ2) is 6.48. The smallest absolute Gasteiger partial charge is 0.303 e. The maximum Gasteiger partial charge on any atom is 0.303 e. The summed E-state index contributed by atoms with van der Waals surface area (Å²) in [6.07, 6.45) is 2.63. The van der Waals surface area contributed by atoms with Crippen LogP contribution in [0.15, 0.2) is 0 Å². The molecule has 0 aromatic rings. The second-order valence-corrected chi connectivity index (χ2v) is 4.33. The first-order chi connectivity index (χ1) is 7.61. The van der Waals surface area contributed by atoms with Crippen molar-refractivity contribution in [2.24, 2.45) is 5.92 Å². The molecule has 1 fully saturated rings. The van der Waals surface area contributed by atoms with Gasteiger partial charge in [-0.05, 0) is 31.8 Å². The van der Waals surface area contributed by atoms with E-state index in [1.54, 1.807) is 7.05 Å². The van der Waals surface area contributed by atoms with Gasteiger partial charge in [-0.1, -0.05) is 0 Å². The van der Waals surface area contributed by atoms with Crippen LogP contribution in [0.1, 0.15) is 25.7 Å². The molecule has 0 saturated carbocycles. The first kappa shape index (κ1) is 13.0. The Hall–Kier alpha value is -1.10. The number of carbonyl (C=O) groups excluding carboxylic acids is 1. The van der Waals surface area contributed by atoms with Crippen molar-refractivity contribution < 1.29 is 14.7 Å². The number of hydrogen-bond donors (Lipinski definition) is 2. The van der Waals surface area contributed by atoms with Gasteiger partial charge in [-0.25, -0.2) is 0 Å². The van der Waals surface area contributed by atoms with Crippen LogP contribution >= 0.6 is 0 Å². The predicted octanol–water partition coefficient (Wildman–Crippen LogP) is 0.309. The Balaban J connectivity index is 2.12. The minimum atomic E-state index is -0.711. The Morgan fingerprint density at radius 2 is 2.25 bits per heavy atom. The van der Waals surface area contributed by atoms with E-state index in [1.807, 2.05) is 0 Å². The van der Waals surface area contributed by atoms with E-state index < -0.39 is 5.97 Å². The number of hydrogen-bond acceptors (Lipinski definition) is 3. The highest BCUT2D eigenvalue weighted by atomic mass is 16.4. The quantitative estimate of drug-likeness (QED) is 0.686. The first-order valence-corrected chi connectivity index (χ1v) is 5.76. The molecule has 0 aromatic heterocycles. The van der Waals surface area contributed by atoms with Crippen LogP contribution < -0.4 is 5.32 Å². The molecule has 0 spiro atoms. The van der Waals surface area contributed by atoms with Gasteiger partial charge in [0.25, 0.3) is 0 Å². The third-order valence-corrected chi connectivity index (χ3v) is 2.99. The molecule has 16 heavy (non-hydrogen) atoms. The van der Waals surface area contributed by atoms with Crippen molar-refractivity contribution in [3.05, 3.63) is 0 Å². The lowest BCUT2D eigenvalue weighted by Crippen LogP contribution is -2.25. The van der Waals surface area contributed by atoms with Gasteiger partial charge < -0.3 is 15.3 Å². The monoisotopic (exact) mass is 228 g/mol. The molecule has 1 amide bonds. The number of carboxylic acids is 1. The van der Waals surface area contributed by atoms with E-state index in [4.69, 9.17) is 5.11 Å². The molecule has 0 radical (unpaired) electrons. The number of aliphatic carboxylic acids is 1. The molecular weight excluding hydrogens is 208 g/mol. The van der Waals surface area contributed by atoms with Gasteiger partial charge in [0, 0.05) is 26.4 Å². The van der Waals surface area contributed by atoms with Gasteiger partial charge in [0.1, 0.15) is 0 Å². The van der Waals surface area contributed by atoms with Crippen LogP contribution in [0.3, 0.4) is 0 Å². The third kappa shape index (κ3) is 4.61. The summed E-state index contributed by atoms with van der Waals surface area (Å²) in [5.74, 6) is -0.351. The van der Waals surface area contributed by atoms with E-state index in [0.29, 0.717) is 6.42 Å². The van der Waals surface area contributed by atoms with E-state index >= 15 is 0 Å². The summed E-state index contributed by atoms with van der Waals surface area (Å²) in [5, 5.41) is 11.3. The zero-order valence-electron chi connectivity index (χ0n) is 9.74.